The summed E-state index contributed by atoms with van der Waals surface area (Å²) in [6.45, 7) is 3.31. The van der Waals surface area contributed by atoms with Gasteiger partial charge in [-0.1, -0.05) is 18.2 Å². The Kier molecular flexibility index (Phi) is 4.88. The van der Waals surface area contributed by atoms with Crippen molar-refractivity contribution in [2.75, 3.05) is 19.6 Å². The Morgan fingerprint density at radius 2 is 1.73 bits per heavy atom. The molecule has 3 aliphatic heterocycles. The molecule has 7 rings (SSSR count). The van der Waals surface area contributed by atoms with E-state index in [1.54, 1.807) is 29.1 Å². The molecule has 1 N–H and O–H groups in total. The Morgan fingerprint density at radius 3 is 2.59 bits per heavy atom. The quantitative estimate of drug-likeness (QED) is 0.431. The van der Waals surface area contributed by atoms with Crippen LogP contribution in [0.1, 0.15) is 36.1 Å². The number of hydrogen-bond donors (Lipinski definition) is 1. The van der Waals surface area contributed by atoms with Gasteiger partial charge in [-0.15, -0.1) is 0 Å². The minimum absolute atomic E-state index is 0.0923. The lowest BCUT2D eigenvalue weighted by Crippen LogP contribution is -2.45. The number of benzene rings is 1. The number of carbonyl (C=O) groups is 3. The fourth-order valence-corrected chi connectivity index (χ4v) is 5.87. The molecule has 4 amide bonds. The summed E-state index contributed by atoms with van der Waals surface area (Å²) < 4.78 is 3.82. The molecule has 10 nitrogen and oxygen atoms in total. The van der Waals surface area contributed by atoms with Gasteiger partial charge in [-0.2, -0.15) is 0 Å². The van der Waals surface area contributed by atoms with Gasteiger partial charge in [0.05, 0.1) is 28.6 Å². The molecule has 10 heteroatoms. The van der Waals surface area contributed by atoms with Gasteiger partial charge >= 0.3 is 6.03 Å². The second kappa shape index (κ2) is 8.29. The number of hydrogen-bond acceptors (Lipinski definition) is 5. The van der Waals surface area contributed by atoms with Crippen molar-refractivity contribution in [2.24, 2.45) is 0 Å². The fraction of sp³-hybridized carbons (Fsp3) is 0.296. The lowest BCUT2D eigenvalue weighted by molar-refractivity contribution is -0.122. The average Bonchev–Trinajstić information content (AvgIpc) is 3.55. The number of piperidine rings is 1. The molecule has 3 aromatic heterocycles. The Hall–Kier alpha value is -4.47. The highest BCUT2D eigenvalue weighted by atomic mass is 16.2. The highest BCUT2D eigenvalue weighted by molar-refractivity contribution is 6.49. The summed E-state index contributed by atoms with van der Waals surface area (Å²) in [5, 5.41) is 3.36. The first kappa shape index (κ1) is 21.8. The summed E-state index contributed by atoms with van der Waals surface area (Å²) >= 11 is 0. The number of fused-ring (bicyclic) bond motifs is 1. The lowest BCUT2D eigenvalue weighted by atomic mass is 9.98. The van der Waals surface area contributed by atoms with Crippen LogP contribution in [0.3, 0.4) is 0 Å². The van der Waals surface area contributed by atoms with Gasteiger partial charge < -0.3 is 14.4 Å². The molecule has 0 atom stereocenters. The number of likely N-dealkylation sites (tertiary alicyclic amines) is 1. The van der Waals surface area contributed by atoms with Crippen molar-refractivity contribution in [1.82, 2.24) is 34.1 Å². The van der Waals surface area contributed by atoms with Crippen molar-refractivity contribution < 1.29 is 14.4 Å². The van der Waals surface area contributed by atoms with E-state index in [1.807, 2.05) is 34.2 Å². The van der Waals surface area contributed by atoms with E-state index in [4.69, 9.17) is 0 Å². The summed E-state index contributed by atoms with van der Waals surface area (Å²) in [6.07, 6.45) is 10.2. The summed E-state index contributed by atoms with van der Waals surface area (Å²) in [5.41, 5.74) is 3.85. The second-order valence-electron chi connectivity index (χ2n) is 9.77. The SMILES string of the molecule is O=C1NC(=O)C(c2cnc3ncccn23)=C1c1cn2c3c(cccc13)CN(C(=O)N1CCCCC1)CC2. The van der Waals surface area contributed by atoms with Crippen molar-refractivity contribution in [2.45, 2.75) is 32.4 Å². The predicted molar refractivity (Wildman–Crippen MR) is 136 cm³/mol. The average molecular weight is 496 g/mol. The molecule has 6 heterocycles. The fourth-order valence-electron chi connectivity index (χ4n) is 5.87. The van der Waals surface area contributed by atoms with Crippen molar-refractivity contribution >= 4 is 45.7 Å². The van der Waals surface area contributed by atoms with Crippen LogP contribution in [0, 0.1) is 0 Å². The molecule has 1 fully saturated rings. The van der Waals surface area contributed by atoms with E-state index < -0.39 is 11.8 Å². The Labute approximate surface area is 212 Å². The first-order chi connectivity index (χ1) is 18.1. The van der Waals surface area contributed by atoms with Crippen LogP contribution in [0.5, 0.6) is 0 Å². The summed E-state index contributed by atoms with van der Waals surface area (Å²) in [7, 11) is 0. The number of aromatic nitrogens is 4. The van der Waals surface area contributed by atoms with E-state index in [2.05, 4.69) is 19.9 Å². The van der Waals surface area contributed by atoms with Crippen molar-refractivity contribution in [3.8, 4) is 0 Å². The normalized spacial score (nSPS) is 18.2. The van der Waals surface area contributed by atoms with E-state index in [1.165, 1.54) is 6.42 Å². The van der Waals surface area contributed by atoms with E-state index in [0.29, 0.717) is 42.2 Å². The Balaban J connectivity index is 1.34. The molecule has 4 aromatic rings. The molecule has 0 spiro atoms. The number of para-hydroxylation sites is 1. The molecule has 0 unspecified atom stereocenters. The zero-order valence-corrected chi connectivity index (χ0v) is 20.2. The largest absolute Gasteiger partial charge is 0.345 e. The second-order valence-corrected chi connectivity index (χ2v) is 9.77. The predicted octanol–water partition coefficient (Wildman–Crippen LogP) is 2.67. The summed E-state index contributed by atoms with van der Waals surface area (Å²) in [4.78, 5) is 51.9. The van der Waals surface area contributed by atoms with E-state index >= 15 is 0 Å². The lowest BCUT2D eigenvalue weighted by Gasteiger charge is -2.32. The van der Waals surface area contributed by atoms with Crippen LogP contribution in [0.25, 0.3) is 27.8 Å². The Morgan fingerprint density at radius 1 is 0.892 bits per heavy atom. The standard InChI is InChI=1S/C27H25N7O3/c35-24-21(22(25(36)30-24)20-14-29-26-28-8-5-11-34(20)26)19-16-32-12-13-33(27(37)31-9-2-1-3-10-31)15-17-6-4-7-18(19)23(17)32/h4-8,11,14,16H,1-3,9-10,12-13,15H2,(H,30,35,36). The number of urea groups is 1. The van der Waals surface area contributed by atoms with E-state index in [9.17, 15) is 14.4 Å². The molecule has 0 aliphatic carbocycles. The van der Waals surface area contributed by atoms with Crippen molar-refractivity contribution in [1.29, 1.82) is 0 Å². The van der Waals surface area contributed by atoms with E-state index in [0.717, 1.165) is 42.4 Å². The third-order valence-electron chi connectivity index (χ3n) is 7.60. The number of amides is 4. The van der Waals surface area contributed by atoms with Gasteiger partial charge in [-0.05, 0) is 30.9 Å². The molecular formula is C27H25N7O3. The van der Waals surface area contributed by atoms with Gasteiger partial charge in [0.15, 0.2) is 0 Å². The van der Waals surface area contributed by atoms with Crippen LogP contribution >= 0.6 is 0 Å². The molecule has 0 saturated carbocycles. The van der Waals surface area contributed by atoms with Crippen LogP contribution < -0.4 is 5.32 Å². The number of nitrogens with zero attached hydrogens (tertiary/aromatic N) is 6. The highest BCUT2D eigenvalue weighted by Gasteiger charge is 2.36. The maximum absolute atomic E-state index is 13.3. The van der Waals surface area contributed by atoms with Gasteiger partial charge in [0.1, 0.15) is 0 Å². The molecule has 0 radical (unpaired) electrons. The maximum atomic E-state index is 13.3. The van der Waals surface area contributed by atoms with Crippen LogP contribution in [0.15, 0.2) is 49.1 Å². The molecule has 1 aromatic carbocycles. The highest BCUT2D eigenvalue weighted by Crippen LogP contribution is 2.38. The van der Waals surface area contributed by atoms with Crippen LogP contribution in [0.4, 0.5) is 4.79 Å². The minimum Gasteiger partial charge on any atom is -0.345 e. The molecule has 37 heavy (non-hydrogen) atoms. The third-order valence-corrected chi connectivity index (χ3v) is 7.60. The first-order valence-corrected chi connectivity index (χ1v) is 12.6. The smallest absolute Gasteiger partial charge is 0.320 e. The topological polar surface area (TPSA) is 105 Å². The molecule has 186 valence electrons. The van der Waals surface area contributed by atoms with Gasteiger partial charge in [-0.25, -0.2) is 14.8 Å². The molecule has 1 saturated heterocycles. The zero-order valence-electron chi connectivity index (χ0n) is 20.2. The zero-order chi connectivity index (χ0) is 25.1. The van der Waals surface area contributed by atoms with Crippen molar-refractivity contribution in [3.63, 3.8) is 0 Å². The molecule has 0 bridgehead atoms. The maximum Gasteiger partial charge on any atom is 0.320 e. The van der Waals surface area contributed by atoms with Crippen LogP contribution in [-0.4, -0.2) is 66.2 Å². The van der Waals surface area contributed by atoms with Gasteiger partial charge in [0, 0.05) is 62.3 Å². The number of imide groups is 1. The van der Waals surface area contributed by atoms with Gasteiger partial charge in [-0.3, -0.25) is 19.3 Å². The number of carbonyl (C=O) groups excluding carboxylic acids is 3. The van der Waals surface area contributed by atoms with Gasteiger partial charge in [0.25, 0.3) is 11.8 Å². The number of nitrogens with one attached hydrogen (secondary N) is 1. The number of imidazole rings is 1. The van der Waals surface area contributed by atoms with Crippen molar-refractivity contribution in [3.05, 3.63) is 65.9 Å². The minimum atomic E-state index is -0.451. The first-order valence-electron chi connectivity index (χ1n) is 12.6. The third kappa shape index (κ3) is 3.35. The number of rotatable bonds is 2. The van der Waals surface area contributed by atoms with Crippen LogP contribution in [-0.2, 0) is 22.7 Å². The summed E-state index contributed by atoms with van der Waals surface area (Å²) in [6, 6.07) is 7.82. The Bertz CT molecular complexity index is 1640. The van der Waals surface area contributed by atoms with Gasteiger partial charge in [0.2, 0.25) is 5.78 Å². The molecule has 3 aliphatic rings. The monoisotopic (exact) mass is 495 g/mol. The van der Waals surface area contributed by atoms with E-state index in [-0.39, 0.29) is 11.6 Å². The summed E-state index contributed by atoms with van der Waals surface area (Å²) in [5.74, 6) is -0.426. The molecular weight excluding hydrogens is 470 g/mol. The van der Waals surface area contributed by atoms with Crippen LogP contribution in [0.2, 0.25) is 0 Å².